The largest absolute Gasteiger partial charge is 0.489 e. The van der Waals surface area contributed by atoms with Crippen LogP contribution in [0.25, 0.3) is 11.0 Å². The van der Waals surface area contributed by atoms with Crippen molar-refractivity contribution in [3.8, 4) is 5.75 Å². The second-order valence-corrected chi connectivity index (χ2v) is 8.32. The molecule has 178 valence electrons. The van der Waals surface area contributed by atoms with Gasteiger partial charge in [-0.2, -0.15) is 0 Å². The van der Waals surface area contributed by atoms with Crippen molar-refractivity contribution in [1.82, 2.24) is 4.90 Å². The summed E-state index contributed by atoms with van der Waals surface area (Å²) in [6.45, 7) is 2.10. The molecule has 0 N–H and O–H groups in total. The Hall–Kier alpha value is -4.39. The van der Waals surface area contributed by atoms with E-state index in [1.807, 2.05) is 25.1 Å². The molecule has 7 nitrogen and oxygen atoms in total. The SMILES string of the molecule is Cc1cc(=O)oc2cc(OCc3ccc(C(=O)OC(C(=O)N(C)C)c4ccccc4)cc3)ccc12. The van der Waals surface area contributed by atoms with Crippen LogP contribution in [0.15, 0.2) is 88.1 Å². The van der Waals surface area contributed by atoms with Crippen LogP contribution in [0, 0.1) is 6.92 Å². The number of hydrogen-bond acceptors (Lipinski definition) is 6. The maximum atomic E-state index is 12.8. The molecule has 0 saturated heterocycles. The molecule has 1 unspecified atom stereocenters. The Kier molecular flexibility index (Phi) is 6.96. The molecule has 3 aromatic carbocycles. The monoisotopic (exact) mass is 471 g/mol. The molecule has 0 saturated carbocycles. The Morgan fingerprint density at radius 3 is 2.34 bits per heavy atom. The summed E-state index contributed by atoms with van der Waals surface area (Å²) in [5, 5.41) is 0.848. The fraction of sp³-hybridized carbons (Fsp3) is 0.179. The van der Waals surface area contributed by atoms with Gasteiger partial charge in [0.05, 0.1) is 5.56 Å². The van der Waals surface area contributed by atoms with Crippen molar-refractivity contribution in [1.29, 1.82) is 0 Å². The van der Waals surface area contributed by atoms with Gasteiger partial charge in [-0.25, -0.2) is 9.59 Å². The van der Waals surface area contributed by atoms with Crippen molar-refractivity contribution < 1.29 is 23.5 Å². The highest BCUT2D eigenvalue weighted by Crippen LogP contribution is 2.24. The van der Waals surface area contributed by atoms with Crippen LogP contribution in [0.5, 0.6) is 5.75 Å². The van der Waals surface area contributed by atoms with E-state index in [0.717, 1.165) is 16.5 Å². The predicted octanol–water partition coefficient (Wildman–Crippen LogP) is 4.67. The van der Waals surface area contributed by atoms with Gasteiger partial charge in [-0.1, -0.05) is 42.5 Å². The van der Waals surface area contributed by atoms with Gasteiger partial charge in [-0.05, 0) is 42.3 Å². The lowest BCUT2D eigenvalue weighted by Gasteiger charge is -2.21. The Bertz CT molecular complexity index is 1410. The molecule has 0 radical (unpaired) electrons. The van der Waals surface area contributed by atoms with Gasteiger partial charge in [0.15, 0.2) is 0 Å². The van der Waals surface area contributed by atoms with E-state index in [0.29, 0.717) is 22.5 Å². The first-order valence-corrected chi connectivity index (χ1v) is 11.0. The molecule has 35 heavy (non-hydrogen) atoms. The lowest BCUT2D eigenvalue weighted by molar-refractivity contribution is -0.138. The number of benzene rings is 3. The highest BCUT2D eigenvalue weighted by Gasteiger charge is 2.27. The smallest absolute Gasteiger partial charge is 0.339 e. The fourth-order valence-electron chi connectivity index (χ4n) is 3.60. The second-order valence-electron chi connectivity index (χ2n) is 8.32. The third kappa shape index (κ3) is 5.58. The summed E-state index contributed by atoms with van der Waals surface area (Å²) >= 11 is 0. The number of aryl methyl sites for hydroxylation is 1. The number of ether oxygens (including phenoxy) is 2. The first-order valence-electron chi connectivity index (χ1n) is 11.0. The first kappa shape index (κ1) is 23.8. The number of fused-ring (bicyclic) bond motifs is 1. The molecule has 0 spiro atoms. The molecule has 0 aliphatic carbocycles. The first-order chi connectivity index (χ1) is 16.8. The van der Waals surface area contributed by atoms with E-state index in [4.69, 9.17) is 13.9 Å². The van der Waals surface area contributed by atoms with Crippen LogP contribution in [0.1, 0.15) is 33.2 Å². The van der Waals surface area contributed by atoms with E-state index in [1.54, 1.807) is 68.7 Å². The molecule has 0 aliphatic heterocycles. The third-order valence-corrected chi connectivity index (χ3v) is 5.51. The molecule has 0 fully saturated rings. The van der Waals surface area contributed by atoms with Gasteiger partial charge in [0.1, 0.15) is 17.9 Å². The van der Waals surface area contributed by atoms with Crippen LogP contribution in [0.4, 0.5) is 0 Å². The summed E-state index contributed by atoms with van der Waals surface area (Å²) in [7, 11) is 3.23. The van der Waals surface area contributed by atoms with Gasteiger partial charge in [-0.3, -0.25) is 4.79 Å². The number of likely N-dealkylation sites (N-methyl/N-ethyl adjacent to an activating group) is 1. The quantitative estimate of drug-likeness (QED) is 0.288. The average molecular weight is 472 g/mol. The molecule has 0 bridgehead atoms. The van der Waals surface area contributed by atoms with Gasteiger partial charge >= 0.3 is 11.6 Å². The number of carbonyl (C=O) groups excluding carboxylic acids is 2. The Morgan fingerprint density at radius 1 is 0.943 bits per heavy atom. The van der Waals surface area contributed by atoms with E-state index in [2.05, 4.69) is 0 Å². The van der Waals surface area contributed by atoms with Crippen LogP contribution < -0.4 is 10.4 Å². The molecule has 7 heteroatoms. The maximum Gasteiger partial charge on any atom is 0.339 e. The molecule has 1 amide bonds. The number of hydrogen-bond donors (Lipinski definition) is 0. The highest BCUT2D eigenvalue weighted by molar-refractivity contribution is 5.92. The van der Waals surface area contributed by atoms with Crippen LogP contribution in [0.3, 0.4) is 0 Å². The average Bonchev–Trinajstić information content (AvgIpc) is 2.86. The summed E-state index contributed by atoms with van der Waals surface area (Å²) in [6, 6.07) is 22.5. The normalized spacial score (nSPS) is 11.6. The lowest BCUT2D eigenvalue weighted by Crippen LogP contribution is -2.31. The molecule has 4 rings (SSSR count). The number of nitrogens with zero attached hydrogens (tertiary/aromatic N) is 1. The topological polar surface area (TPSA) is 86.0 Å². The number of esters is 1. The van der Waals surface area contributed by atoms with Crippen LogP contribution in [-0.2, 0) is 16.1 Å². The second kappa shape index (κ2) is 10.3. The van der Waals surface area contributed by atoms with Crippen molar-refractivity contribution >= 4 is 22.8 Å². The van der Waals surface area contributed by atoms with Gasteiger partial charge in [-0.15, -0.1) is 0 Å². The van der Waals surface area contributed by atoms with Crippen molar-refractivity contribution in [2.75, 3.05) is 14.1 Å². The molecule has 4 aromatic rings. The van der Waals surface area contributed by atoms with Crippen molar-refractivity contribution in [3.05, 3.63) is 112 Å². The van der Waals surface area contributed by atoms with Gasteiger partial charge in [0.25, 0.3) is 5.91 Å². The van der Waals surface area contributed by atoms with Crippen LogP contribution in [0.2, 0.25) is 0 Å². The standard InChI is InChI=1S/C28H25NO6/c1-18-15-25(30)34-24-16-22(13-14-23(18)24)33-17-19-9-11-21(12-10-19)28(32)35-26(27(31)29(2)3)20-7-5-4-6-8-20/h4-16,26H,17H2,1-3H3. The number of amides is 1. The van der Waals surface area contributed by atoms with E-state index in [-0.39, 0.29) is 12.5 Å². The fourth-order valence-corrected chi connectivity index (χ4v) is 3.60. The zero-order valence-electron chi connectivity index (χ0n) is 19.7. The zero-order chi connectivity index (χ0) is 24.9. The van der Waals surface area contributed by atoms with Gasteiger partial charge < -0.3 is 18.8 Å². The minimum atomic E-state index is -1.03. The number of rotatable bonds is 7. The van der Waals surface area contributed by atoms with E-state index < -0.39 is 17.7 Å². The van der Waals surface area contributed by atoms with Crippen molar-refractivity contribution in [2.24, 2.45) is 0 Å². The highest BCUT2D eigenvalue weighted by atomic mass is 16.5. The van der Waals surface area contributed by atoms with Gasteiger partial charge in [0.2, 0.25) is 6.10 Å². The lowest BCUT2D eigenvalue weighted by atomic mass is 10.1. The Labute approximate surface area is 202 Å². The molecular weight excluding hydrogens is 446 g/mol. The zero-order valence-corrected chi connectivity index (χ0v) is 19.7. The molecule has 1 aromatic heterocycles. The van der Waals surface area contributed by atoms with Crippen molar-refractivity contribution in [2.45, 2.75) is 19.6 Å². The van der Waals surface area contributed by atoms with Gasteiger partial charge in [0, 0.05) is 37.2 Å². The third-order valence-electron chi connectivity index (χ3n) is 5.51. The van der Waals surface area contributed by atoms with Crippen molar-refractivity contribution in [3.63, 3.8) is 0 Å². The van der Waals surface area contributed by atoms with Crippen LogP contribution in [-0.4, -0.2) is 30.9 Å². The Morgan fingerprint density at radius 2 is 1.66 bits per heavy atom. The summed E-state index contributed by atoms with van der Waals surface area (Å²) in [5.41, 5.74) is 2.65. The summed E-state index contributed by atoms with van der Waals surface area (Å²) in [5.74, 6) is -0.361. The van der Waals surface area contributed by atoms with E-state index in [9.17, 15) is 14.4 Å². The van der Waals surface area contributed by atoms with E-state index in [1.165, 1.54) is 11.0 Å². The summed E-state index contributed by atoms with van der Waals surface area (Å²) in [6.07, 6.45) is -1.03. The molecule has 0 aliphatic rings. The van der Waals surface area contributed by atoms with E-state index >= 15 is 0 Å². The summed E-state index contributed by atoms with van der Waals surface area (Å²) in [4.78, 5) is 38.4. The predicted molar refractivity (Wildman–Crippen MR) is 131 cm³/mol. The minimum absolute atomic E-state index is 0.253. The number of carbonyl (C=O) groups is 2. The maximum absolute atomic E-state index is 12.8. The molecule has 1 heterocycles. The minimum Gasteiger partial charge on any atom is -0.489 e. The molecular formula is C28H25NO6. The van der Waals surface area contributed by atoms with Crippen LogP contribution >= 0.6 is 0 Å². The summed E-state index contributed by atoms with van der Waals surface area (Å²) < 4.78 is 16.7. The molecule has 1 atom stereocenters. The Balaban J connectivity index is 1.43.